The summed E-state index contributed by atoms with van der Waals surface area (Å²) < 4.78 is 3.40. The molecule has 0 bridgehead atoms. The largest absolute Gasteiger partial charge is 0.327 e. The molecule has 0 saturated carbocycles. The van der Waals surface area contributed by atoms with Crippen molar-refractivity contribution in [3.63, 3.8) is 0 Å². The smallest absolute Gasteiger partial charge is 0.250 e. The minimum Gasteiger partial charge on any atom is -0.327 e. The zero-order chi connectivity index (χ0) is 14.3. The zero-order valence-electron chi connectivity index (χ0n) is 11.2. The summed E-state index contributed by atoms with van der Waals surface area (Å²) in [6.45, 7) is 0. The van der Waals surface area contributed by atoms with Gasteiger partial charge in [0.1, 0.15) is 17.4 Å². The van der Waals surface area contributed by atoms with Crippen LogP contribution in [0.3, 0.4) is 0 Å². The number of nitriles is 1. The normalized spacial score (nSPS) is 10.7. The van der Waals surface area contributed by atoms with Gasteiger partial charge in [0.05, 0.1) is 11.1 Å². The number of hydrogen-bond donors (Lipinski definition) is 0. The Morgan fingerprint density at radius 1 is 1.25 bits per heavy atom. The van der Waals surface area contributed by atoms with Crippen LogP contribution in [0.25, 0.3) is 22.4 Å². The molecule has 0 amide bonds. The van der Waals surface area contributed by atoms with Crippen LogP contribution in [0.5, 0.6) is 0 Å². The van der Waals surface area contributed by atoms with E-state index in [-0.39, 0.29) is 5.56 Å². The second kappa shape index (κ2) is 4.35. The third kappa shape index (κ3) is 1.70. The predicted octanol–water partition coefficient (Wildman–Crippen LogP) is 1.81. The van der Waals surface area contributed by atoms with Crippen molar-refractivity contribution < 1.29 is 0 Å². The van der Waals surface area contributed by atoms with Crippen LogP contribution in [-0.2, 0) is 14.1 Å². The molecule has 20 heavy (non-hydrogen) atoms. The van der Waals surface area contributed by atoms with Gasteiger partial charge < -0.3 is 9.13 Å². The number of imidazole rings is 1. The van der Waals surface area contributed by atoms with Crippen molar-refractivity contribution >= 4 is 11.0 Å². The molecule has 1 aromatic carbocycles. The van der Waals surface area contributed by atoms with Crippen LogP contribution in [0, 0.1) is 11.3 Å². The van der Waals surface area contributed by atoms with Crippen molar-refractivity contribution in [1.29, 1.82) is 5.26 Å². The Morgan fingerprint density at radius 3 is 2.75 bits per heavy atom. The number of pyridine rings is 1. The Hall–Kier alpha value is -2.87. The number of rotatable bonds is 1. The van der Waals surface area contributed by atoms with E-state index in [2.05, 4.69) is 11.1 Å². The highest BCUT2D eigenvalue weighted by atomic mass is 16.1. The average molecular weight is 264 g/mol. The van der Waals surface area contributed by atoms with Gasteiger partial charge in [-0.15, -0.1) is 0 Å². The summed E-state index contributed by atoms with van der Waals surface area (Å²) >= 11 is 0. The molecule has 0 saturated heterocycles. The Bertz CT molecular complexity index is 912. The predicted molar refractivity (Wildman–Crippen MR) is 76.1 cm³/mol. The Morgan fingerprint density at radius 2 is 2.05 bits per heavy atom. The Kier molecular flexibility index (Phi) is 2.65. The zero-order valence-corrected chi connectivity index (χ0v) is 11.2. The maximum absolute atomic E-state index is 11.7. The minimum atomic E-state index is -0.0879. The van der Waals surface area contributed by atoms with Crippen LogP contribution in [-0.4, -0.2) is 14.1 Å². The minimum absolute atomic E-state index is 0.0879. The molecular weight excluding hydrogens is 252 g/mol. The van der Waals surface area contributed by atoms with Crippen molar-refractivity contribution in [3.8, 4) is 17.5 Å². The number of fused-ring (bicyclic) bond motifs is 1. The summed E-state index contributed by atoms with van der Waals surface area (Å²) in [5, 5.41) is 9.13. The van der Waals surface area contributed by atoms with Gasteiger partial charge in [0.2, 0.25) is 0 Å². The van der Waals surface area contributed by atoms with Crippen LogP contribution in [0.2, 0.25) is 0 Å². The SMILES string of the molecule is Cn1ccc(-c2nc3c(C#N)cccc3n2C)cc1=O. The first-order chi connectivity index (χ1) is 9.61. The van der Waals surface area contributed by atoms with Crippen molar-refractivity contribution in [1.82, 2.24) is 14.1 Å². The molecule has 0 aliphatic rings. The second-order valence-corrected chi connectivity index (χ2v) is 4.64. The fraction of sp³-hybridized carbons (Fsp3) is 0.133. The molecule has 0 N–H and O–H groups in total. The topological polar surface area (TPSA) is 63.6 Å². The maximum Gasteiger partial charge on any atom is 0.250 e. The molecule has 0 atom stereocenters. The van der Waals surface area contributed by atoms with Gasteiger partial charge in [0.25, 0.3) is 5.56 Å². The lowest BCUT2D eigenvalue weighted by Crippen LogP contribution is -2.14. The van der Waals surface area contributed by atoms with Crippen LogP contribution >= 0.6 is 0 Å². The van der Waals surface area contributed by atoms with E-state index in [1.54, 1.807) is 25.4 Å². The van der Waals surface area contributed by atoms with Gasteiger partial charge in [-0.2, -0.15) is 5.26 Å². The fourth-order valence-electron chi connectivity index (χ4n) is 2.25. The van der Waals surface area contributed by atoms with Gasteiger partial charge in [-0.05, 0) is 18.2 Å². The van der Waals surface area contributed by atoms with Crippen molar-refractivity contribution in [3.05, 3.63) is 52.4 Å². The monoisotopic (exact) mass is 264 g/mol. The number of nitrogens with zero attached hydrogens (tertiary/aromatic N) is 4. The first kappa shape index (κ1) is 12.2. The summed E-state index contributed by atoms with van der Waals surface area (Å²) in [5.41, 5.74) is 2.73. The van der Waals surface area contributed by atoms with Gasteiger partial charge in [0, 0.05) is 31.9 Å². The summed E-state index contributed by atoms with van der Waals surface area (Å²) in [5.74, 6) is 0.681. The first-order valence-corrected chi connectivity index (χ1v) is 6.14. The van der Waals surface area contributed by atoms with Crippen molar-refractivity contribution in [2.75, 3.05) is 0 Å². The molecule has 0 aliphatic carbocycles. The third-order valence-corrected chi connectivity index (χ3v) is 3.39. The molecular formula is C15H12N4O. The first-order valence-electron chi connectivity index (χ1n) is 6.14. The molecule has 3 aromatic rings. The summed E-state index contributed by atoms with van der Waals surface area (Å²) in [6, 6.07) is 11.0. The fourth-order valence-corrected chi connectivity index (χ4v) is 2.25. The molecule has 0 aliphatic heterocycles. The van der Waals surface area contributed by atoms with Gasteiger partial charge in [-0.3, -0.25) is 4.79 Å². The number of hydrogen-bond acceptors (Lipinski definition) is 3. The standard InChI is InChI=1S/C15H12N4O/c1-18-7-6-10(8-13(18)20)15-17-14-11(9-16)4-3-5-12(14)19(15)2/h3-8H,1-2H3. The summed E-state index contributed by atoms with van der Waals surface area (Å²) in [4.78, 5) is 16.3. The van der Waals surface area contributed by atoms with E-state index in [9.17, 15) is 4.79 Å². The quantitative estimate of drug-likeness (QED) is 0.673. The van der Waals surface area contributed by atoms with Crippen molar-refractivity contribution in [2.24, 2.45) is 14.1 Å². The molecule has 0 spiro atoms. The van der Waals surface area contributed by atoms with Crippen molar-refractivity contribution in [2.45, 2.75) is 0 Å². The number of aryl methyl sites for hydroxylation is 2. The van der Waals surface area contributed by atoms with E-state index in [1.165, 1.54) is 4.57 Å². The maximum atomic E-state index is 11.7. The van der Waals surface area contributed by atoms with Gasteiger partial charge >= 0.3 is 0 Å². The lowest BCUT2D eigenvalue weighted by Gasteiger charge is -2.03. The van der Waals surface area contributed by atoms with Gasteiger partial charge in [-0.25, -0.2) is 4.98 Å². The van der Waals surface area contributed by atoms with Crippen LogP contribution in [0.1, 0.15) is 5.56 Å². The van der Waals surface area contributed by atoms with E-state index in [4.69, 9.17) is 5.26 Å². The molecule has 2 heterocycles. The number of para-hydroxylation sites is 1. The lowest BCUT2D eigenvalue weighted by atomic mass is 10.2. The molecule has 0 radical (unpaired) electrons. The molecule has 0 fully saturated rings. The highest BCUT2D eigenvalue weighted by Crippen LogP contribution is 2.24. The van der Waals surface area contributed by atoms with E-state index in [0.29, 0.717) is 16.9 Å². The van der Waals surface area contributed by atoms with E-state index in [0.717, 1.165) is 11.1 Å². The van der Waals surface area contributed by atoms with E-state index >= 15 is 0 Å². The molecule has 5 heteroatoms. The number of aromatic nitrogens is 3. The Balaban J connectivity index is 2.32. The highest BCUT2D eigenvalue weighted by molar-refractivity contribution is 5.85. The third-order valence-electron chi connectivity index (χ3n) is 3.39. The molecule has 5 nitrogen and oxygen atoms in total. The van der Waals surface area contributed by atoms with E-state index in [1.807, 2.05) is 29.8 Å². The molecule has 98 valence electrons. The van der Waals surface area contributed by atoms with Crippen LogP contribution in [0.15, 0.2) is 41.3 Å². The molecule has 3 rings (SSSR count). The summed E-state index contributed by atoms with van der Waals surface area (Å²) in [6.07, 6.45) is 1.71. The lowest BCUT2D eigenvalue weighted by molar-refractivity contribution is 0.858. The van der Waals surface area contributed by atoms with Crippen LogP contribution in [0.4, 0.5) is 0 Å². The highest BCUT2D eigenvalue weighted by Gasteiger charge is 2.12. The molecule has 2 aromatic heterocycles. The second-order valence-electron chi connectivity index (χ2n) is 4.64. The van der Waals surface area contributed by atoms with Crippen LogP contribution < -0.4 is 5.56 Å². The average Bonchev–Trinajstić information content (AvgIpc) is 2.79. The van der Waals surface area contributed by atoms with Gasteiger partial charge in [-0.1, -0.05) is 6.07 Å². The van der Waals surface area contributed by atoms with Gasteiger partial charge in [0.15, 0.2) is 0 Å². The Labute approximate surface area is 115 Å². The summed E-state index contributed by atoms with van der Waals surface area (Å²) in [7, 11) is 3.58. The molecule has 0 unspecified atom stereocenters. The van der Waals surface area contributed by atoms with E-state index < -0.39 is 0 Å². The number of benzene rings is 1.